The maximum absolute atomic E-state index is 14.2. The topological polar surface area (TPSA) is 74.8 Å². The minimum absolute atomic E-state index is 0.206. The first kappa shape index (κ1) is 29.0. The maximum Gasteiger partial charge on any atom is 0.338 e. The third-order valence-corrected chi connectivity index (χ3v) is 8.98. The fourth-order valence-corrected chi connectivity index (χ4v) is 6.87. The molecule has 1 aliphatic heterocycles. The van der Waals surface area contributed by atoms with Gasteiger partial charge in [-0.15, -0.1) is 0 Å². The summed E-state index contributed by atoms with van der Waals surface area (Å²) < 4.78 is 14.9. The van der Waals surface area contributed by atoms with Crippen molar-refractivity contribution in [2.75, 3.05) is 13.7 Å². The molecule has 0 saturated carbocycles. The molecule has 3 aromatic carbocycles. The summed E-state index contributed by atoms with van der Waals surface area (Å²) in [5.41, 5.74) is 4.08. The summed E-state index contributed by atoms with van der Waals surface area (Å²) in [7, 11) is 1.59. The lowest BCUT2D eigenvalue weighted by Crippen LogP contribution is -2.40. The summed E-state index contributed by atoms with van der Waals surface area (Å²) >= 11 is 14.0. The number of carbonyl (C=O) groups excluding carboxylic acids is 1. The molecule has 218 valence electrons. The standard InChI is InChI=1S/C33H27Cl2N3O4S/c1-4-42-32(40)29-19(2)36-33-38(30(29)20-10-13-25(41-3)14-11-20)31(39)28(43-33)17-24-15-21-7-5-6-8-27(21)37(24)18-22-9-12-23(34)16-26(22)35/h5-17,30H,4,18H2,1-3H3/t30-/m0/s1. The van der Waals surface area contributed by atoms with Crippen LogP contribution in [0, 0.1) is 0 Å². The van der Waals surface area contributed by atoms with Crippen LogP contribution in [0.3, 0.4) is 0 Å². The summed E-state index contributed by atoms with van der Waals surface area (Å²) in [6, 6.07) is 22.2. The van der Waals surface area contributed by atoms with Crippen LogP contribution < -0.4 is 19.6 Å². The number of allylic oxidation sites excluding steroid dienone is 1. The fourth-order valence-electron chi connectivity index (χ4n) is 5.38. The first-order valence-electron chi connectivity index (χ1n) is 13.6. The summed E-state index contributed by atoms with van der Waals surface area (Å²) in [5.74, 6) is 0.169. The zero-order valence-electron chi connectivity index (χ0n) is 23.6. The number of esters is 1. The molecule has 6 rings (SSSR count). The van der Waals surface area contributed by atoms with Gasteiger partial charge in [-0.25, -0.2) is 9.79 Å². The van der Waals surface area contributed by atoms with Gasteiger partial charge in [0.15, 0.2) is 4.80 Å². The molecule has 10 heteroatoms. The largest absolute Gasteiger partial charge is 0.497 e. The van der Waals surface area contributed by atoms with Gasteiger partial charge in [0.05, 0.1) is 35.6 Å². The van der Waals surface area contributed by atoms with Crippen molar-refractivity contribution in [3.8, 4) is 5.75 Å². The van der Waals surface area contributed by atoms with Crippen molar-refractivity contribution in [1.82, 2.24) is 9.13 Å². The van der Waals surface area contributed by atoms with E-state index in [1.165, 1.54) is 11.3 Å². The van der Waals surface area contributed by atoms with Gasteiger partial charge in [0, 0.05) is 33.2 Å². The Bertz CT molecular complexity index is 2090. The lowest BCUT2D eigenvalue weighted by atomic mass is 9.96. The van der Waals surface area contributed by atoms with Gasteiger partial charge < -0.3 is 14.0 Å². The van der Waals surface area contributed by atoms with Crippen LogP contribution in [0.1, 0.15) is 36.7 Å². The van der Waals surface area contributed by atoms with E-state index in [2.05, 4.69) is 4.57 Å². The molecule has 0 N–H and O–H groups in total. The molecule has 0 amide bonds. The van der Waals surface area contributed by atoms with Crippen LogP contribution in [0.2, 0.25) is 10.0 Å². The lowest BCUT2D eigenvalue weighted by Gasteiger charge is -2.24. The summed E-state index contributed by atoms with van der Waals surface area (Å²) in [4.78, 5) is 32.6. The van der Waals surface area contributed by atoms with Crippen molar-refractivity contribution in [1.29, 1.82) is 0 Å². The van der Waals surface area contributed by atoms with Crippen molar-refractivity contribution >= 4 is 57.5 Å². The Hall–Kier alpha value is -4.11. The molecule has 0 spiro atoms. The van der Waals surface area contributed by atoms with Gasteiger partial charge in [-0.2, -0.15) is 0 Å². The molecule has 5 aromatic rings. The third-order valence-electron chi connectivity index (χ3n) is 7.41. The predicted molar refractivity (Wildman–Crippen MR) is 171 cm³/mol. The molecule has 7 nitrogen and oxygen atoms in total. The number of para-hydroxylation sites is 1. The quantitative estimate of drug-likeness (QED) is 0.203. The average Bonchev–Trinajstić information content (AvgIpc) is 3.49. The average molecular weight is 633 g/mol. The zero-order chi connectivity index (χ0) is 30.2. The maximum atomic E-state index is 14.2. The number of benzene rings is 3. The molecule has 0 radical (unpaired) electrons. The first-order chi connectivity index (χ1) is 20.8. The minimum atomic E-state index is -0.706. The van der Waals surface area contributed by atoms with Gasteiger partial charge in [0.2, 0.25) is 0 Å². The number of ether oxygens (including phenoxy) is 2. The van der Waals surface area contributed by atoms with Crippen LogP contribution in [0.5, 0.6) is 5.75 Å². The first-order valence-corrected chi connectivity index (χ1v) is 15.2. The smallest absolute Gasteiger partial charge is 0.338 e. The number of rotatable bonds is 7. The molecule has 0 bridgehead atoms. The number of nitrogens with zero attached hydrogens (tertiary/aromatic N) is 3. The van der Waals surface area contributed by atoms with Crippen molar-refractivity contribution in [2.45, 2.75) is 26.4 Å². The van der Waals surface area contributed by atoms with E-state index >= 15 is 0 Å². The van der Waals surface area contributed by atoms with Gasteiger partial charge in [0.1, 0.15) is 5.75 Å². The number of halogens is 2. The second-order valence-corrected chi connectivity index (χ2v) is 11.9. The van der Waals surface area contributed by atoms with Crippen LogP contribution in [0.4, 0.5) is 0 Å². The molecule has 0 saturated heterocycles. The number of fused-ring (bicyclic) bond motifs is 2. The Balaban J connectivity index is 1.54. The Kier molecular flexibility index (Phi) is 8.01. The Labute approximate surface area is 261 Å². The van der Waals surface area contributed by atoms with Crippen LogP contribution in [0.25, 0.3) is 17.0 Å². The number of methoxy groups -OCH3 is 1. The van der Waals surface area contributed by atoms with E-state index in [1.54, 1.807) is 31.6 Å². The van der Waals surface area contributed by atoms with Crippen molar-refractivity contribution in [3.05, 3.63) is 131 Å². The highest BCUT2D eigenvalue weighted by atomic mass is 35.5. The molecule has 1 aliphatic rings. The number of hydrogen-bond donors (Lipinski definition) is 0. The zero-order valence-corrected chi connectivity index (χ0v) is 26.0. The predicted octanol–water partition coefficient (Wildman–Crippen LogP) is 6.12. The van der Waals surface area contributed by atoms with Crippen LogP contribution in [-0.4, -0.2) is 28.8 Å². The van der Waals surface area contributed by atoms with Gasteiger partial charge in [-0.3, -0.25) is 9.36 Å². The second-order valence-electron chi connectivity index (χ2n) is 10.0. The molecule has 3 heterocycles. The van der Waals surface area contributed by atoms with E-state index in [0.29, 0.717) is 42.9 Å². The fraction of sp³-hybridized carbons (Fsp3) is 0.182. The highest BCUT2D eigenvalue weighted by Gasteiger charge is 2.33. The van der Waals surface area contributed by atoms with E-state index in [9.17, 15) is 9.59 Å². The Morgan fingerprint density at radius 1 is 1.07 bits per heavy atom. The van der Waals surface area contributed by atoms with Crippen LogP contribution >= 0.6 is 34.5 Å². The number of aromatic nitrogens is 2. The lowest BCUT2D eigenvalue weighted by molar-refractivity contribution is -0.139. The Morgan fingerprint density at radius 3 is 2.56 bits per heavy atom. The molecule has 1 atom stereocenters. The highest BCUT2D eigenvalue weighted by Crippen LogP contribution is 2.32. The van der Waals surface area contributed by atoms with E-state index < -0.39 is 12.0 Å². The summed E-state index contributed by atoms with van der Waals surface area (Å²) in [6.45, 7) is 4.21. The van der Waals surface area contributed by atoms with E-state index in [4.69, 9.17) is 37.7 Å². The van der Waals surface area contributed by atoms with Crippen molar-refractivity contribution < 1.29 is 14.3 Å². The molecule has 0 aliphatic carbocycles. The number of carbonyl (C=O) groups is 1. The van der Waals surface area contributed by atoms with Gasteiger partial charge >= 0.3 is 5.97 Å². The van der Waals surface area contributed by atoms with E-state index in [-0.39, 0.29) is 12.2 Å². The van der Waals surface area contributed by atoms with E-state index in [0.717, 1.165) is 27.7 Å². The minimum Gasteiger partial charge on any atom is -0.497 e. The van der Waals surface area contributed by atoms with Crippen molar-refractivity contribution in [2.24, 2.45) is 4.99 Å². The Morgan fingerprint density at radius 2 is 1.84 bits per heavy atom. The SMILES string of the molecule is CCOC(=O)C1=C(C)N=c2sc(=Cc3cc4ccccc4n3Cc3ccc(Cl)cc3Cl)c(=O)n2[C@H]1c1ccc(OC)cc1. The molecule has 2 aromatic heterocycles. The monoisotopic (exact) mass is 631 g/mol. The second kappa shape index (κ2) is 11.9. The molecule has 43 heavy (non-hydrogen) atoms. The van der Waals surface area contributed by atoms with Crippen molar-refractivity contribution in [3.63, 3.8) is 0 Å². The van der Waals surface area contributed by atoms with Gasteiger partial charge in [-0.1, -0.05) is 70.9 Å². The number of hydrogen-bond acceptors (Lipinski definition) is 6. The third kappa shape index (κ3) is 5.42. The van der Waals surface area contributed by atoms with Gasteiger partial charge in [-0.05, 0) is 67.4 Å². The molecular weight excluding hydrogens is 605 g/mol. The summed E-state index contributed by atoms with van der Waals surface area (Å²) in [5, 5.41) is 2.16. The van der Waals surface area contributed by atoms with Crippen LogP contribution in [-0.2, 0) is 16.1 Å². The highest BCUT2D eigenvalue weighted by molar-refractivity contribution is 7.07. The molecular formula is C33H27Cl2N3O4S. The van der Waals surface area contributed by atoms with Gasteiger partial charge in [0.25, 0.3) is 5.56 Å². The molecule has 0 unspecified atom stereocenters. The molecule has 0 fully saturated rings. The normalized spacial score (nSPS) is 15.0. The summed E-state index contributed by atoms with van der Waals surface area (Å²) in [6.07, 6.45) is 1.88. The van der Waals surface area contributed by atoms with E-state index in [1.807, 2.05) is 72.8 Å². The van der Waals surface area contributed by atoms with Crippen LogP contribution in [0.15, 0.2) is 93.9 Å². The number of thiazole rings is 1.